The van der Waals surface area contributed by atoms with Crippen LogP contribution in [0.1, 0.15) is 18.4 Å². The highest BCUT2D eigenvalue weighted by molar-refractivity contribution is 5.68. The number of benzene rings is 1. The first-order valence-electron chi connectivity index (χ1n) is 6.30. The lowest BCUT2D eigenvalue weighted by Gasteiger charge is -2.34. The fourth-order valence-corrected chi connectivity index (χ4v) is 2.54. The zero-order valence-corrected chi connectivity index (χ0v) is 10.8. The molecule has 0 atom stereocenters. The summed E-state index contributed by atoms with van der Waals surface area (Å²) in [4.78, 5) is 2.39. The van der Waals surface area contributed by atoms with E-state index in [4.69, 9.17) is 10.5 Å². The van der Waals surface area contributed by atoms with Crippen molar-refractivity contribution in [2.45, 2.75) is 19.8 Å². The highest BCUT2D eigenvalue weighted by Crippen LogP contribution is 2.28. The highest BCUT2D eigenvalue weighted by Gasteiger charge is 2.20. The summed E-state index contributed by atoms with van der Waals surface area (Å²) in [6, 6.07) is 6.32. The SMILES string of the molecule is COCC1CCN(c2ccc(C)cc2N)CC1. The van der Waals surface area contributed by atoms with Crippen molar-refractivity contribution in [1.82, 2.24) is 0 Å². The molecular formula is C14H22N2O. The maximum atomic E-state index is 6.08. The Hall–Kier alpha value is -1.22. The second-order valence-electron chi connectivity index (χ2n) is 4.95. The normalized spacial score (nSPS) is 17.4. The highest BCUT2D eigenvalue weighted by atomic mass is 16.5. The zero-order valence-electron chi connectivity index (χ0n) is 10.8. The summed E-state index contributed by atoms with van der Waals surface area (Å²) in [7, 11) is 1.78. The van der Waals surface area contributed by atoms with Gasteiger partial charge in [0.2, 0.25) is 0 Å². The zero-order chi connectivity index (χ0) is 12.3. The number of nitrogens with zero attached hydrogens (tertiary/aromatic N) is 1. The first-order valence-corrected chi connectivity index (χ1v) is 6.30. The smallest absolute Gasteiger partial charge is 0.0600 e. The number of piperidine rings is 1. The molecule has 1 aliphatic heterocycles. The van der Waals surface area contributed by atoms with Crippen molar-refractivity contribution in [3.05, 3.63) is 23.8 Å². The van der Waals surface area contributed by atoms with Gasteiger partial charge in [-0.1, -0.05) is 6.07 Å². The fourth-order valence-electron chi connectivity index (χ4n) is 2.54. The van der Waals surface area contributed by atoms with Crippen LogP contribution in [0.4, 0.5) is 11.4 Å². The van der Waals surface area contributed by atoms with Crippen LogP contribution in [0.5, 0.6) is 0 Å². The van der Waals surface area contributed by atoms with Gasteiger partial charge in [-0.2, -0.15) is 0 Å². The van der Waals surface area contributed by atoms with Crippen LogP contribution in [0, 0.1) is 12.8 Å². The number of nitrogens with two attached hydrogens (primary N) is 1. The summed E-state index contributed by atoms with van der Waals surface area (Å²) in [5.41, 5.74) is 9.39. The van der Waals surface area contributed by atoms with Crippen molar-refractivity contribution in [3.63, 3.8) is 0 Å². The molecular weight excluding hydrogens is 212 g/mol. The minimum absolute atomic E-state index is 0.711. The predicted molar refractivity (Wildman–Crippen MR) is 72.4 cm³/mol. The molecule has 0 aromatic heterocycles. The number of anilines is 2. The van der Waals surface area contributed by atoms with Gasteiger partial charge >= 0.3 is 0 Å². The van der Waals surface area contributed by atoms with Gasteiger partial charge in [0.25, 0.3) is 0 Å². The third kappa shape index (κ3) is 2.91. The number of aryl methyl sites for hydroxylation is 1. The number of nitrogen functional groups attached to an aromatic ring is 1. The van der Waals surface area contributed by atoms with Crippen LogP contribution in [0.15, 0.2) is 18.2 Å². The first-order chi connectivity index (χ1) is 8.20. The van der Waals surface area contributed by atoms with E-state index in [1.807, 2.05) is 0 Å². The van der Waals surface area contributed by atoms with Crippen LogP contribution in [0.2, 0.25) is 0 Å². The van der Waals surface area contributed by atoms with E-state index in [-0.39, 0.29) is 0 Å². The van der Waals surface area contributed by atoms with Gasteiger partial charge in [-0.3, -0.25) is 0 Å². The maximum absolute atomic E-state index is 6.08. The van der Waals surface area contributed by atoms with Gasteiger partial charge in [0.1, 0.15) is 0 Å². The van der Waals surface area contributed by atoms with Crippen LogP contribution >= 0.6 is 0 Å². The standard InChI is InChI=1S/C14H22N2O/c1-11-3-4-14(13(15)9-11)16-7-5-12(6-8-16)10-17-2/h3-4,9,12H,5-8,10,15H2,1-2H3. The van der Waals surface area contributed by atoms with E-state index in [0.29, 0.717) is 5.92 Å². The van der Waals surface area contributed by atoms with Gasteiger partial charge in [0.05, 0.1) is 11.4 Å². The van der Waals surface area contributed by atoms with Crippen molar-refractivity contribution in [3.8, 4) is 0 Å². The Morgan fingerprint density at radius 3 is 2.65 bits per heavy atom. The average molecular weight is 234 g/mol. The molecule has 0 aliphatic carbocycles. The number of rotatable bonds is 3. The lowest BCUT2D eigenvalue weighted by molar-refractivity contribution is 0.139. The van der Waals surface area contributed by atoms with Crippen LogP contribution in [-0.4, -0.2) is 26.8 Å². The Bertz CT molecular complexity index is 370. The third-order valence-corrected chi connectivity index (χ3v) is 3.54. The van der Waals surface area contributed by atoms with E-state index in [1.165, 1.54) is 24.1 Å². The quantitative estimate of drug-likeness (QED) is 0.816. The molecule has 2 N–H and O–H groups in total. The molecule has 2 rings (SSSR count). The van der Waals surface area contributed by atoms with E-state index in [1.54, 1.807) is 7.11 Å². The molecule has 0 bridgehead atoms. The molecule has 1 heterocycles. The van der Waals surface area contributed by atoms with Crippen molar-refractivity contribution in [2.24, 2.45) is 5.92 Å². The lowest BCUT2D eigenvalue weighted by atomic mass is 9.97. The third-order valence-electron chi connectivity index (χ3n) is 3.54. The summed E-state index contributed by atoms with van der Waals surface area (Å²) in [5, 5.41) is 0. The summed E-state index contributed by atoms with van der Waals surface area (Å²) in [5.74, 6) is 0.711. The van der Waals surface area contributed by atoms with Gasteiger partial charge in [0, 0.05) is 26.8 Å². The number of ether oxygens (including phenoxy) is 1. The molecule has 0 spiro atoms. The van der Waals surface area contributed by atoms with E-state index in [9.17, 15) is 0 Å². The number of hydrogen-bond acceptors (Lipinski definition) is 3. The maximum Gasteiger partial charge on any atom is 0.0600 e. The molecule has 1 aliphatic rings. The summed E-state index contributed by atoms with van der Waals surface area (Å²) in [6.07, 6.45) is 2.39. The van der Waals surface area contributed by atoms with Gasteiger partial charge in [-0.25, -0.2) is 0 Å². The van der Waals surface area contributed by atoms with Crippen molar-refractivity contribution in [2.75, 3.05) is 37.4 Å². The van der Waals surface area contributed by atoms with Crippen molar-refractivity contribution >= 4 is 11.4 Å². The molecule has 1 aromatic carbocycles. The molecule has 1 aromatic rings. The van der Waals surface area contributed by atoms with Crippen LogP contribution < -0.4 is 10.6 Å². The Morgan fingerprint density at radius 1 is 1.35 bits per heavy atom. The summed E-state index contributed by atoms with van der Waals surface area (Å²) >= 11 is 0. The summed E-state index contributed by atoms with van der Waals surface area (Å²) < 4.78 is 5.22. The molecule has 0 saturated carbocycles. The molecule has 17 heavy (non-hydrogen) atoms. The van der Waals surface area contributed by atoms with Crippen molar-refractivity contribution in [1.29, 1.82) is 0 Å². The first kappa shape index (κ1) is 12.2. The largest absolute Gasteiger partial charge is 0.397 e. The Kier molecular flexibility index (Phi) is 3.89. The molecule has 1 saturated heterocycles. The molecule has 0 unspecified atom stereocenters. The molecule has 0 radical (unpaired) electrons. The Labute approximate surface area is 104 Å². The second kappa shape index (κ2) is 5.41. The number of methoxy groups -OCH3 is 1. The van der Waals surface area contributed by atoms with Gasteiger partial charge in [-0.05, 0) is 43.4 Å². The Balaban J connectivity index is 2.00. The van der Waals surface area contributed by atoms with E-state index < -0.39 is 0 Å². The van der Waals surface area contributed by atoms with Crippen LogP contribution in [-0.2, 0) is 4.74 Å². The van der Waals surface area contributed by atoms with Crippen LogP contribution in [0.3, 0.4) is 0 Å². The minimum Gasteiger partial charge on any atom is -0.397 e. The Morgan fingerprint density at radius 2 is 2.06 bits per heavy atom. The summed E-state index contributed by atoms with van der Waals surface area (Å²) in [6.45, 7) is 5.13. The van der Waals surface area contributed by atoms with E-state index >= 15 is 0 Å². The minimum atomic E-state index is 0.711. The van der Waals surface area contributed by atoms with Crippen molar-refractivity contribution < 1.29 is 4.74 Å². The predicted octanol–water partition coefficient (Wildman–Crippen LogP) is 2.44. The molecule has 0 amide bonds. The molecule has 3 nitrogen and oxygen atoms in total. The number of hydrogen-bond donors (Lipinski definition) is 1. The monoisotopic (exact) mass is 234 g/mol. The second-order valence-corrected chi connectivity index (χ2v) is 4.95. The van der Waals surface area contributed by atoms with Gasteiger partial charge < -0.3 is 15.4 Å². The molecule has 94 valence electrons. The fraction of sp³-hybridized carbons (Fsp3) is 0.571. The lowest BCUT2D eigenvalue weighted by Crippen LogP contribution is -2.35. The van der Waals surface area contributed by atoms with E-state index in [2.05, 4.69) is 30.0 Å². The van der Waals surface area contributed by atoms with Gasteiger partial charge in [0.15, 0.2) is 0 Å². The van der Waals surface area contributed by atoms with Gasteiger partial charge in [-0.15, -0.1) is 0 Å². The van der Waals surface area contributed by atoms with Crippen LogP contribution in [0.25, 0.3) is 0 Å². The molecule has 1 fully saturated rings. The molecule has 3 heteroatoms. The topological polar surface area (TPSA) is 38.5 Å². The van der Waals surface area contributed by atoms with E-state index in [0.717, 1.165) is 25.4 Å². The average Bonchev–Trinajstić information content (AvgIpc) is 2.31.